The second-order valence-electron chi connectivity index (χ2n) is 5.48. The number of amides is 2. The van der Waals surface area contributed by atoms with Crippen LogP contribution < -0.4 is 10.6 Å². The molecule has 0 bridgehead atoms. The molecule has 1 atom stereocenters. The monoisotopic (exact) mass is 345 g/mol. The van der Waals surface area contributed by atoms with Gasteiger partial charge >= 0.3 is 0 Å². The van der Waals surface area contributed by atoms with Crippen LogP contribution in [0.2, 0.25) is 5.02 Å². The van der Waals surface area contributed by atoms with Crippen LogP contribution in [0.3, 0.4) is 0 Å². The van der Waals surface area contributed by atoms with Crippen LogP contribution >= 0.6 is 11.6 Å². The number of hydrogen-bond acceptors (Lipinski definition) is 3. The van der Waals surface area contributed by atoms with Crippen LogP contribution in [0.4, 0.5) is 0 Å². The molecule has 0 aliphatic heterocycles. The van der Waals surface area contributed by atoms with Gasteiger partial charge in [-0.1, -0.05) is 48.4 Å². The summed E-state index contributed by atoms with van der Waals surface area (Å²) in [6, 6.07) is 11.0. The van der Waals surface area contributed by atoms with Gasteiger partial charge in [-0.25, -0.2) is 0 Å². The SMILES string of the molecule is CCC(NC(=O)CNC(=O)c1cc(Cl)ccn1)c1ccc(C)cc1. The Morgan fingerprint density at radius 1 is 1.21 bits per heavy atom. The molecule has 6 heteroatoms. The molecule has 1 aromatic carbocycles. The van der Waals surface area contributed by atoms with E-state index in [0.717, 1.165) is 12.0 Å². The number of pyridine rings is 1. The van der Waals surface area contributed by atoms with Crippen molar-refractivity contribution in [1.82, 2.24) is 15.6 Å². The minimum atomic E-state index is -0.434. The molecule has 1 heterocycles. The number of aryl methyl sites for hydroxylation is 1. The Kier molecular flexibility index (Phi) is 6.32. The summed E-state index contributed by atoms with van der Waals surface area (Å²) in [5.41, 5.74) is 2.39. The molecule has 0 saturated heterocycles. The van der Waals surface area contributed by atoms with Gasteiger partial charge in [0.1, 0.15) is 5.69 Å². The van der Waals surface area contributed by atoms with Crippen LogP contribution in [0, 0.1) is 6.92 Å². The van der Waals surface area contributed by atoms with E-state index in [2.05, 4.69) is 15.6 Å². The Bertz CT molecular complexity index is 716. The summed E-state index contributed by atoms with van der Waals surface area (Å²) in [6.45, 7) is 3.90. The van der Waals surface area contributed by atoms with Crippen LogP contribution in [0.5, 0.6) is 0 Å². The molecule has 2 aromatic rings. The number of hydrogen-bond donors (Lipinski definition) is 2. The number of carbonyl (C=O) groups excluding carboxylic acids is 2. The second-order valence-corrected chi connectivity index (χ2v) is 5.92. The van der Waals surface area contributed by atoms with Gasteiger partial charge in [0, 0.05) is 11.2 Å². The number of nitrogens with one attached hydrogen (secondary N) is 2. The highest BCUT2D eigenvalue weighted by Gasteiger charge is 2.14. The Morgan fingerprint density at radius 2 is 1.92 bits per heavy atom. The summed E-state index contributed by atoms with van der Waals surface area (Å²) in [5, 5.41) is 5.89. The Balaban J connectivity index is 1.89. The van der Waals surface area contributed by atoms with Gasteiger partial charge in [0.15, 0.2) is 0 Å². The molecule has 0 aliphatic rings. The van der Waals surface area contributed by atoms with E-state index in [-0.39, 0.29) is 24.2 Å². The van der Waals surface area contributed by atoms with Gasteiger partial charge in [-0.15, -0.1) is 0 Å². The Morgan fingerprint density at radius 3 is 2.54 bits per heavy atom. The number of halogens is 1. The highest BCUT2D eigenvalue weighted by atomic mass is 35.5. The van der Waals surface area contributed by atoms with E-state index in [1.54, 1.807) is 6.07 Å². The van der Waals surface area contributed by atoms with Gasteiger partial charge in [0.25, 0.3) is 5.91 Å². The quantitative estimate of drug-likeness (QED) is 0.845. The van der Waals surface area contributed by atoms with Crippen molar-refractivity contribution in [1.29, 1.82) is 0 Å². The fourth-order valence-corrected chi connectivity index (χ4v) is 2.40. The number of rotatable bonds is 6. The summed E-state index contributed by atoms with van der Waals surface area (Å²) in [5.74, 6) is -0.686. The lowest BCUT2D eigenvalue weighted by Crippen LogP contribution is -2.38. The van der Waals surface area contributed by atoms with Gasteiger partial charge in [-0.05, 0) is 31.0 Å². The molecule has 5 nitrogen and oxygen atoms in total. The largest absolute Gasteiger partial charge is 0.348 e. The van der Waals surface area contributed by atoms with Crippen molar-refractivity contribution in [2.24, 2.45) is 0 Å². The smallest absolute Gasteiger partial charge is 0.270 e. The summed E-state index contributed by atoms with van der Waals surface area (Å²) >= 11 is 5.82. The second kappa shape index (κ2) is 8.45. The number of carbonyl (C=O) groups is 2. The van der Waals surface area contributed by atoms with Crippen molar-refractivity contribution >= 4 is 23.4 Å². The third-order valence-corrected chi connectivity index (χ3v) is 3.82. The summed E-state index contributed by atoms with van der Waals surface area (Å²) < 4.78 is 0. The number of aromatic nitrogens is 1. The summed E-state index contributed by atoms with van der Waals surface area (Å²) in [7, 11) is 0. The van der Waals surface area contributed by atoms with E-state index in [1.165, 1.54) is 17.8 Å². The molecule has 126 valence electrons. The van der Waals surface area contributed by atoms with Crippen LogP contribution in [0.25, 0.3) is 0 Å². The van der Waals surface area contributed by atoms with Gasteiger partial charge in [0.05, 0.1) is 12.6 Å². The molecule has 0 saturated carbocycles. The van der Waals surface area contributed by atoms with Crippen LogP contribution in [0.1, 0.15) is 41.0 Å². The topological polar surface area (TPSA) is 71.1 Å². The first-order chi connectivity index (χ1) is 11.5. The molecule has 24 heavy (non-hydrogen) atoms. The van der Waals surface area contributed by atoms with Crippen molar-refractivity contribution in [2.45, 2.75) is 26.3 Å². The molecule has 0 spiro atoms. The van der Waals surface area contributed by atoms with E-state index in [0.29, 0.717) is 5.02 Å². The van der Waals surface area contributed by atoms with E-state index in [4.69, 9.17) is 11.6 Å². The minimum Gasteiger partial charge on any atom is -0.348 e. The molecule has 1 aromatic heterocycles. The maximum Gasteiger partial charge on any atom is 0.270 e. The third kappa shape index (κ3) is 5.06. The molecule has 0 fully saturated rings. The van der Waals surface area contributed by atoms with Gasteiger partial charge in [0.2, 0.25) is 5.91 Å². The Hall–Kier alpha value is -2.40. The molecule has 1 unspecified atom stereocenters. The highest BCUT2D eigenvalue weighted by Crippen LogP contribution is 2.16. The van der Waals surface area contributed by atoms with Crippen molar-refractivity contribution < 1.29 is 9.59 Å². The fourth-order valence-electron chi connectivity index (χ4n) is 2.25. The third-order valence-electron chi connectivity index (χ3n) is 3.59. The molecule has 2 N–H and O–H groups in total. The predicted octanol–water partition coefficient (Wildman–Crippen LogP) is 3.04. The van der Waals surface area contributed by atoms with Crippen molar-refractivity contribution in [3.63, 3.8) is 0 Å². The van der Waals surface area contributed by atoms with Crippen molar-refractivity contribution in [3.8, 4) is 0 Å². The lowest BCUT2D eigenvalue weighted by atomic mass is 10.0. The van der Waals surface area contributed by atoms with E-state index in [9.17, 15) is 9.59 Å². The molecular weight excluding hydrogens is 326 g/mol. The van der Waals surface area contributed by atoms with Gasteiger partial charge < -0.3 is 10.6 Å². The molecule has 2 rings (SSSR count). The zero-order valence-electron chi connectivity index (χ0n) is 13.7. The highest BCUT2D eigenvalue weighted by molar-refractivity contribution is 6.30. The average molecular weight is 346 g/mol. The van der Waals surface area contributed by atoms with E-state index < -0.39 is 5.91 Å². The Labute approximate surface area is 146 Å². The molecule has 0 aliphatic carbocycles. The zero-order chi connectivity index (χ0) is 17.5. The molecule has 2 amide bonds. The summed E-state index contributed by atoms with van der Waals surface area (Å²) in [6.07, 6.45) is 2.21. The maximum absolute atomic E-state index is 12.1. The zero-order valence-corrected chi connectivity index (χ0v) is 14.4. The average Bonchev–Trinajstić information content (AvgIpc) is 2.58. The van der Waals surface area contributed by atoms with Gasteiger partial charge in [-0.2, -0.15) is 0 Å². The van der Waals surface area contributed by atoms with E-state index in [1.807, 2.05) is 38.1 Å². The number of benzene rings is 1. The van der Waals surface area contributed by atoms with Crippen molar-refractivity contribution in [2.75, 3.05) is 6.54 Å². The van der Waals surface area contributed by atoms with Gasteiger partial charge in [-0.3, -0.25) is 14.6 Å². The van der Waals surface area contributed by atoms with Crippen LogP contribution in [0.15, 0.2) is 42.6 Å². The first-order valence-electron chi connectivity index (χ1n) is 7.75. The molecular formula is C18H20ClN3O2. The molecule has 0 radical (unpaired) electrons. The van der Waals surface area contributed by atoms with Crippen LogP contribution in [-0.2, 0) is 4.79 Å². The van der Waals surface area contributed by atoms with E-state index >= 15 is 0 Å². The van der Waals surface area contributed by atoms with Crippen molar-refractivity contribution in [3.05, 3.63) is 64.4 Å². The first-order valence-corrected chi connectivity index (χ1v) is 8.13. The number of nitrogens with zero attached hydrogens (tertiary/aromatic N) is 1. The lowest BCUT2D eigenvalue weighted by Gasteiger charge is -2.18. The first kappa shape index (κ1) is 17.9. The summed E-state index contributed by atoms with van der Waals surface area (Å²) in [4.78, 5) is 28.0. The fraction of sp³-hybridized carbons (Fsp3) is 0.278. The normalized spacial score (nSPS) is 11.6. The lowest BCUT2D eigenvalue weighted by molar-refractivity contribution is -0.120. The standard InChI is InChI=1S/C18H20ClN3O2/c1-3-15(13-6-4-12(2)5-7-13)22-17(23)11-21-18(24)16-10-14(19)8-9-20-16/h4-10,15H,3,11H2,1-2H3,(H,21,24)(H,22,23). The van der Waals surface area contributed by atoms with Crippen LogP contribution in [-0.4, -0.2) is 23.3 Å². The minimum absolute atomic E-state index is 0.0840. The predicted molar refractivity (Wildman–Crippen MR) is 93.9 cm³/mol. The maximum atomic E-state index is 12.1.